The molecule has 4 aliphatic carbocycles. The van der Waals surface area contributed by atoms with Gasteiger partial charge < -0.3 is 14.1 Å². The van der Waals surface area contributed by atoms with Crippen molar-refractivity contribution in [2.75, 3.05) is 47.5 Å². The molecule has 248 valence electrons. The molecule has 4 unspecified atom stereocenters. The summed E-state index contributed by atoms with van der Waals surface area (Å²) in [6.07, 6.45) is 19.1. The van der Waals surface area contributed by atoms with Gasteiger partial charge in [-0.05, 0) is 110 Å². The van der Waals surface area contributed by atoms with E-state index in [0.717, 1.165) is 42.4 Å². The number of hydrogen-bond donors (Lipinski definition) is 1. The number of hydrogen-bond acceptors (Lipinski definition) is 4. The van der Waals surface area contributed by atoms with Gasteiger partial charge in [0.1, 0.15) is 13.2 Å². The third-order valence-corrected chi connectivity index (χ3v) is 13.5. The molecule has 0 aromatic carbocycles. The lowest BCUT2D eigenvalue weighted by Crippen LogP contribution is -2.51. The average Bonchev–Trinajstić information content (AvgIpc) is 3.27. The molecule has 0 amide bonds. The average molecular weight is 623 g/mol. The van der Waals surface area contributed by atoms with Crippen LogP contribution in [0.3, 0.4) is 0 Å². The van der Waals surface area contributed by atoms with E-state index >= 15 is 0 Å². The third kappa shape index (κ3) is 8.27. The molecule has 0 bridgehead atoms. The van der Waals surface area contributed by atoms with Crippen LogP contribution in [0.15, 0.2) is 23.8 Å². The van der Waals surface area contributed by atoms with Crippen LogP contribution in [-0.2, 0) is 18.3 Å². The molecule has 10 atom stereocenters. The van der Waals surface area contributed by atoms with Crippen LogP contribution in [0.4, 0.5) is 0 Å². The summed E-state index contributed by atoms with van der Waals surface area (Å²) in [4.78, 5) is 9.99. The number of quaternary nitrogens is 1. The van der Waals surface area contributed by atoms with Gasteiger partial charge in [-0.1, -0.05) is 65.3 Å². The monoisotopic (exact) mass is 622 g/mol. The van der Waals surface area contributed by atoms with Crippen molar-refractivity contribution >= 4 is 7.82 Å². The van der Waals surface area contributed by atoms with Gasteiger partial charge >= 0.3 is 7.82 Å². The van der Waals surface area contributed by atoms with Crippen molar-refractivity contribution in [3.05, 3.63) is 23.8 Å². The molecular formula is C36H65NO5P+. The molecular weight excluding hydrogens is 557 g/mol. The molecule has 0 spiro atoms. The van der Waals surface area contributed by atoms with E-state index in [-0.39, 0.29) is 24.7 Å². The molecule has 4 rings (SSSR count). The Balaban J connectivity index is 1.30. The van der Waals surface area contributed by atoms with E-state index in [9.17, 15) is 9.46 Å². The Hall–Kier alpha value is -0.490. The molecule has 0 saturated heterocycles. The Morgan fingerprint density at radius 1 is 1.00 bits per heavy atom. The number of nitrogens with zero attached hydrogens (tertiary/aromatic N) is 1. The zero-order valence-corrected chi connectivity index (χ0v) is 29.9. The number of rotatable bonds is 14. The smallest absolute Gasteiger partial charge is 0.375 e. The highest BCUT2D eigenvalue weighted by Gasteiger charge is 2.59. The fourth-order valence-electron chi connectivity index (χ4n) is 9.79. The first-order chi connectivity index (χ1) is 20.1. The predicted octanol–water partition coefficient (Wildman–Crippen LogP) is 8.66. The molecule has 0 aromatic heterocycles. The summed E-state index contributed by atoms with van der Waals surface area (Å²) < 4.78 is 29.4. The van der Waals surface area contributed by atoms with Crippen molar-refractivity contribution < 1.29 is 27.7 Å². The van der Waals surface area contributed by atoms with Gasteiger partial charge in [0, 0.05) is 0 Å². The molecule has 0 aromatic rings. The predicted molar refractivity (Wildman–Crippen MR) is 176 cm³/mol. The molecule has 4 aliphatic rings. The fourth-order valence-corrected chi connectivity index (χ4v) is 10.5. The van der Waals surface area contributed by atoms with E-state index in [2.05, 4.69) is 59.8 Å². The second-order valence-corrected chi connectivity index (χ2v) is 17.9. The topological polar surface area (TPSA) is 65.0 Å². The van der Waals surface area contributed by atoms with Crippen molar-refractivity contribution in [2.45, 2.75) is 105 Å². The molecule has 1 N–H and O–H groups in total. The standard InChI is InChI=1S/C36H64NO5P/c1-10-28(26(2)3)12-11-27(4)32-15-16-33-31-14-13-29-25-30(17-19-35(29,5)34(31)18-20-36(32,33)6)40-23-24-42-43(38,39)41-22-21-37(7,8)9/h11-13,26-28,30-34H,10,14-25H2,1-9H3/p+1/t27-,28-,30+,31?,32-,33?,34?,35+,36-/m1/s1. The molecule has 43 heavy (non-hydrogen) atoms. The van der Waals surface area contributed by atoms with Gasteiger partial charge in [0.05, 0.1) is 40.5 Å². The van der Waals surface area contributed by atoms with Crippen LogP contribution in [0.1, 0.15) is 99.3 Å². The summed E-state index contributed by atoms with van der Waals surface area (Å²) in [5, 5.41) is 0. The van der Waals surface area contributed by atoms with Crippen LogP contribution < -0.4 is 0 Å². The number of phosphoric acid groups is 1. The number of fused-ring (bicyclic) bond motifs is 5. The van der Waals surface area contributed by atoms with E-state index in [1.54, 1.807) is 5.57 Å². The van der Waals surface area contributed by atoms with Crippen molar-refractivity contribution in [3.8, 4) is 0 Å². The number of ether oxygens (including phenoxy) is 1. The van der Waals surface area contributed by atoms with Gasteiger partial charge in [-0.25, -0.2) is 4.57 Å². The van der Waals surface area contributed by atoms with E-state index in [1.165, 1.54) is 44.9 Å². The van der Waals surface area contributed by atoms with Gasteiger partial charge in [0.2, 0.25) is 0 Å². The van der Waals surface area contributed by atoms with Crippen molar-refractivity contribution in [1.82, 2.24) is 0 Å². The molecule has 3 fully saturated rings. The van der Waals surface area contributed by atoms with Gasteiger partial charge in [-0.15, -0.1) is 0 Å². The van der Waals surface area contributed by atoms with E-state index in [1.807, 2.05) is 21.1 Å². The zero-order valence-electron chi connectivity index (χ0n) is 29.0. The normalized spacial score (nSPS) is 37.4. The van der Waals surface area contributed by atoms with E-state index in [0.29, 0.717) is 34.9 Å². The summed E-state index contributed by atoms with van der Waals surface area (Å²) in [7, 11) is 2.01. The number of allylic oxidation sites excluding steroid dienone is 3. The van der Waals surface area contributed by atoms with E-state index in [4.69, 9.17) is 13.8 Å². The highest BCUT2D eigenvalue weighted by molar-refractivity contribution is 7.47. The Kier molecular flexibility index (Phi) is 11.6. The molecule has 6 nitrogen and oxygen atoms in total. The minimum Gasteiger partial charge on any atom is -0.375 e. The zero-order chi connectivity index (χ0) is 31.6. The highest BCUT2D eigenvalue weighted by Crippen LogP contribution is 2.67. The SMILES string of the molecule is CC[C@H](C=C[C@@H](C)[C@H]1CCC2C3CC=C4C[C@@H](OCCOP(=O)(O)OCC[N+](C)(C)C)CC[C@]4(C)C3CC[C@@]21C)C(C)C. The maximum absolute atomic E-state index is 12.2. The van der Waals surface area contributed by atoms with Crippen LogP contribution in [0.2, 0.25) is 0 Å². The second kappa shape index (κ2) is 14.1. The minimum absolute atomic E-state index is 0.0707. The maximum Gasteiger partial charge on any atom is 0.472 e. The third-order valence-electron chi connectivity index (χ3n) is 12.5. The van der Waals surface area contributed by atoms with Crippen LogP contribution >= 0.6 is 7.82 Å². The van der Waals surface area contributed by atoms with Crippen molar-refractivity contribution in [3.63, 3.8) is 0 Å². The first-order valence-electron chi connectivity index (χ1n) is 17.5. The summed E-state index contributed by atoms with van der Waals surface area (Å²) in [6, 6.07) is 0. The molecule has 0 heterocycles. The van der Waals surface area contributed by atoms with Crippen LogP contribution in [0.25, 0.3) is 0 Å². The summed E-state index contributed by atoms with van der Waals surface area (Å²) in [6.45, 7) is 16.0. The van der Waals surface area contributed by atoms with Gasteiger partial charge in [-0.2, -0.15) is 0 Å². The van der Waals surface area contributed by atoms with Gasteiger partial charge in [0.25, 0.3) is 0 Å². The summed E-state index contributed by atoms with van der Waals surface area (Å²) >= 11 is 0. The quantitative estimate of drug-likeness (QED) is 0.0909. The van der Waals surface area contributed by atoms with Crippen molar-refractivity contribution in [2.24, 2.45) is 52.3 Å². The Morgan fingerprint density at radius 2 is 1.72 bits per heavy atom. The van der Waals surface area contributed by atoms with Crippen LogP contribution in [0.5, 0.6) is 0 Å². The Bertz CT molecular complexity index is 1040. The summed E-state index contributed by atoms with van der Waals surface area (Å²) in [5.74, 6) is 5.33. The lowest BCUT2D eigenvalue weighted by atomic mass is 9.47. The van der Waals surface area contributed by atoms with Gasteiger partial charge in [0.15, 0.2) is 0 Å². The number of likely N-dealkylation sites (N-methyl/N-ethyl adjacent to an activating group) is 1. The molecule has 3 saturated carbocycles. The summed E-state index contributed by atoms with van der Waals surface area (Å²) in [5.41, 5.74) is 2.36. The lowest BCUT2D eigenvalue weighted by Gasteiger charge is -2.58. The van der Waals surface area contributed by atoms with E-state index < -0.39 is 7.82 Å². The molecule has 7 heteroatoms. The molecule has 0 radical (unpaired) electrons. The lowest BCUT2D eigenvalue weighted by molar-refractivity contribution is -0.870. The maximum atomic E-state index is 12.2. The minimum atomic E-state index is -4.04. The largest absolute Gasteiger partial charge is 0.472 e. The number of phosphoric ester groups is 1. The Labute approximate surface area is 264 Å². The van der Waals surface area contributed by atoms with Crippen LogP contribution in [-0.4, -0.2) is 63.0 Å². The fraction of sp³-hybridized carbons (Fsp3) is 0.889. The first kappa shape index (κ1) is 35.4. The van der Waals surface area contributed by atoms with Crippen molar-refractivity contribution in [1.29, 1.82) is 0 Å². The Morgan fingerprint density at radius 3 is 2.40 bits per heavy atom. The van der Waals surface area contributed by atoms with Crippen LogP contribution in [0, 0.1) is 52.3 Å². The molecule has 0 aliphatic heterocycles. The highest BCUT2D eigenvalue weighted by atomic mass is 31.2. The first-order valence-corrected chi connectivity index (χ1v) is 19.0. The second-order valence-electron chi connectivity index (χ2n) is 16.4. The van der Waals surface area contributed by atoms with Gasteiger partial charge in [-0.3, -0.25) is 9.05 Å².